The van der Waals surface area contributed by atoms with Crippen molar-refractivity contribution in [1.29, 1.82) is 0 Å². The third-order valence-electron chi connectivity index (χ3n) is 4.65. The molecule has 0 aromatic heterocycles. The van der Waals surface area contributed by atoms with Crippen molar-refractivity contribution >= 4 is 27.3 Å². The highest BCUT2D eigenvalue weighted by molar-refractivity contribution is 7.92. The number of nitrogens with one attached hydrogen (secondary N) is 2. The van der Waals surface area contributed by atoms with E-state index < -0.39 is 15.9 Å². The van der Waals surface area contributed by atoms with Gasteiger partial charge < -0.3 is 10.1 Å². The Labute approximate surface area is 177 Å². The summed E-state index contributed by atoms with van der Waals surface area (Å²) in [5.74, 6) is -0.255. The lowest BCUT2D eigenvalue weighted by atomic mass is 10.1. The maximum atomic E-state index is 13.0. The number of sulfonamides is 1. The van der Waals surface area contributed by atoms with Gasteiger partial charge >= 0.3 is 0 Å². The summed E-state index contributed by atoms with van der Waals surface area (Å²) >= 11 is 0. The first-order valence-electron chi connectivity index (χ1n) is 9.36. The Morgan fingerprint density at radius 1 is 0.867 bits per heavy atom. The maximum absolute atomic E-state index is 13.0. The molecule has 0 saturated heterocycles. The Bertz CT molecular complexity index is 1190. The Balaban J connectivity index is 1.92. The van der Waals surface area contributed by atoms with Crippen LogP contribution in [0.3, 0.4) is 0 Å². The van der Waals surface area contributed by atoms with Gasteiger partial charge in [0.15, 0.2) is 0 Å². The second kappa shape index (κ2) is 8.59. The maximum Gasteiger partial charge on any atom is 0.265 e. The molecule has 0 aliphatic rings. The first kappa shape index (κ1) is 21.4. The third kappa shape index (κ3) is 4.80. The Morgan fingerprint density at radius 3 is 2.17 bits per heavy atom. The van der Waals surface area contributed by atoms with Gasteiger partial charge in [-0.05, 0) is 62.7 Å². The molecule has 7 heteroatoms. The fourth-order valence-corrected chi connectivity index (χ4v) is 4.26. The minimum Gasteiger partial charge on any atom is -0.495 e. The fraction of sp³-hybridized carbons (Fsp3) is 0.174. The summed E-state index contributed by atoms with van der Waals surface area (Å²) in [6.45, 7) is 5.79. The minimum absolute atomic E-state index is 0.112. The zero-order chi connectivity index (χ0) is 21.9. The van der Waals surface area contributed by atoms with Gasteiger partial charge in [0.2, 0.25) is 0 Å². The highest BCUT2D eigenvalue weighted by Gasteiger charge is 2.22. The fourth-order valence-electron chi connectivity index (χ4n) is 3.01. The second-order valence-corrected chi connectivity index (χ2v) is 8.76. The highest BCUT2D eigenvalue weighted by atomic mass is 32.2. The van der Waals surface area contributed by atoms with Crippen molar-refractivity contribution < 1.29 is 17.9 Å². The number of benzene rings is 3. The van der Waals surface area contributed by atoms with Gasteiger partial charge in [0.25, 0.3) is 15.9 Å². The number of amides is 1. The van der Waals surface area contributed by atoms with Gasteiger partial charge in [-0.15, -0.1) is 0 Å². The average Bonchev–Trinajstić information content (AvgIpc) is 2.71. The lowest BCUT2D eigenvalue weighted by molar-refractivity contribution is 0.102. The van der Waals surface area contributed by atoms with Gasteiger partial charge in [0.1, 0.15) is 10.6 Å². The Kier molecular flexibility index (Phi) is 6.12. The summed E-state index contributed by atoms with van der Waals surface area (Å²) in [7, 11) is -2.58. The number of methoxy groups -OCH3 is 1. The van der Waals surface area contributed by atoms with E-state index in [9.17, 15) is 13.2 Å². The molecule has 156 valence electrons. The van der Waals surface area contributed by atoms with Crippen molar-refractivity contribution in [1.82, 2.24) is 0 Å². The van der Waals surface area contributed by atoms with Gasteiger partial charge in [0.05, 0.1) is 7.11 Å². The van der Waals surface area contributed by atoms with Crippen LogP contribution in [0.15, 0.2) is 65.6 Å². The molecule has 0 aliphatic heterocycles. The van der Waals surface area contributed by atoms with Crippen molar-refractivity contribution in [2.45, 2.75) is 25.7 Å². The van der Waals surface area contributed by atoms with Crippen molar-refractivity contribution in [3.8, 4) is 5.75 Å². The van der Waals surface area contributed by atoms with Gasteiger partial charge in [0, 0.05) is 16.9 Å². The second-order valence-electron chi connectivity index (χ2n) is 7.11. The molecular weight excluding hydrogens is 400 g/mol. The number of carbonyl (C=O) groups is 1. The smallest absolute Gasteiger partial charge is 0.265 e. The van der Waals surface area contributed by atoms with Crippen LogP contribution in [0.1, 0.15) is 27.0 Å². The summed E-state index contributed by atoms with van der Waals surface area (Å²) in [5.41, 5.74) is 4.33. The lowest BCUT2D eigenvalue weighted by Gasteiger charge is -2.14. The molecule has 0 spiro atoms. The van der Waals surface area contributed by atoms with E-state index in [1.54, 1.807) is 12.1 Å². The van der Waals surface area contributed by atoms with Crippen molar-refractivity contribution in [3.05, 3.63) is 82.9 Å². The summed E-state index contributed by atoms with van der Waals surface area (Å²) < 4.78 is 33.7. The molecule has 3 aromatic carbocycles. The number of aryl methyl sites for hydroxylation is 3. The van der Waals surface area contributed by atoms with Crippen molar-refractivity contribution in [2.75, 3.05) is 17.1 Å². The van der Waals surface area contributed by atoms with Crippen LogP contribution in [0.25, 0.3) is 0 Å². The molecule has 3 rings (SSSR count). The topological polar surface area (TPSA) is 84.5 Å². The van der Waals surface area contributed by atoms with E-state index in [2.05, 4.69) is 10.0 Å². The van der Waals surface area contributed by atoms with E-state index in [-0.39, 0.29) is 16.2 Å². The van der Waals surface area contributed by atoms with Crippen LogP contribution in [-0.2, 0) is 10.0 Å². The van der Waals surface area contributed by atoms with Gasteiger partial charge in [-0.3, -0.25) is 9.52 Å². The van der Waals surface area contributed by atoms with Crippen LogP contribution in [0.5, 0.6) is 5.75 Å². The predicted octanol–water partition coefficient (Wildman–Crippen LogP) is 4.67. The molecule has 2 N–H and O–H groups in total. The van der Waals surface area contributed by atoms with Crippen molar-refractivity contribution in [3.63, 3.8) is 0 Å². The monoisotopic (exact) mass is 424 g/mol. The quantitative estimate of drug-likeness (QED) is 0.602. The van der Waals surface area contributed by atoms with Gasteiger partial charge in [-0.1, -0.05) is 35.4 Å². The van der Waals surface area contributed by atoms with E-state index >= 15 is 0 Å². The van der Waals surface area contributed by atoms with Crippen molar-refractivity contribution in [2.24, 2.45) is 0 Å². The van der Waals surface area contributed by atoms with Crippen LogP contribution < -0.4 is 14.8 Å². The van der Waals surface area contributed by atoms with Crippen LogP contribution in [0.2, 0.25) is 0 Å². The number of anilines is 2. The van der Waals surface area contributed by atoms with Gasteiger partial charge in [-0.2, -0.15) is 0 Å². The zero-order valence-electron chi connectivity index (χ0n) is 17.3. The molecular formula is C23H24N2O4S. The number of carbonyl (C=O) groups excluding carboxylic acids is 1. The minimum atomic E-state index is -3.97. The summed E-state index contributed by atoms with van der Waals surface area (Å²) in [6.07, 6.45) is 0. The SMILES string of the molecule is COc1ccc(C(=O)Nc2ccc(C)cc2C)cc1S(=O)(=O)Nc1ccc(C)cc1. The average molecular weight is 425 g/mol. The number of hydrogen-bond donors (Lipinski definition) is 2. The van der Waals surface area contributed by atoms with E-state index in [4.69, 9.17) is 4.74 Å². The van der Waals surface area contributed by atoms with Gasteiger partial charge in [-0.25, -0.2) is 8.42 Å². The van der Waals surface area contributed by atoms with E-state index in [0.717, 1.165) is 16.7 Å². The third-order valence-corrected chi connectivity index (χ3v) is 6.05. The first-order valence-corrected chi connectivity index (χ1v) is 10.8. The Morgan fingerprint density at radius 2 is 1.53 bits per heavy atom. The molecule has 0 atom stereocenters. The van der Waals surface area contributed by atoms with E-state index in [1.165, 1.54) is 25.3 Å². The molecule has 0 saturated carbocycles. The molecule has 0 aliphatic carbocycles. The molecule has 3 aromatic rings. The standard InChI is InChI=1S/C23H24N2O4S/c1-15-5-9-19(10-6-15)25-30(27,28)22-14-18(8-12-21(22)29-4)23(26)24-20-11-7-16(2)13-17(20)3/h5-14,25H,1-4H3,(H,24,26). The lowest BCUT2D eigenvalue weighted by Crippen LogP contribution is -2.17. The summed E-state index contributed by atoms with van der Waals surface area (Å²) in [5, 5.41) is 2.83. The molecule has 0 radical (unpaired) electrons. The molecule has 6 nitrogen and oxygen atoms in total. The Hall–Kier alpha value is -3.32. The van der Waals surface area contributed by atoms with Crippen LogP contribution >= 0.6 is 0 Å². The van der Waals surface area contributed by atoms with Crippen LogP contribution in [-0.4, -0.2) is 21.4 Å². The highest BCUT2D eigenvalue weighted by Crippen LogP contribution is 2.28. The summed E-state index contributed by atoms with van der Waals surface area (Å²) in [6, 6.07) is 17.0. The molecule has 30 heavy (non-hydrogen) atoms. The summed E-state index contributed by atoms with van der Waals surface area (Å²) in [4.78, 5) is 12.6. The number of hydrogen-bond acceptors (Lipinski definition) is 4. The normalized spacial score (nSPS) is 11.1. The molecule has 0 heterocycles. The predicted molar refractivity (Wildman–Crippen MR) is 119 cm³/mol. The van der Waals surface area contributed by atoms with E-state index in [1.807, 2.05) is 51.1 Å². The number of rotatable bonds is 6. The molecule has 1 amide bonds. The molecule has 0 unspecified atom stereocenters. The van der Waals surface area contributed by atoms with E-state index in [0.29, 0.717) is 11.4 Å². The molecule has 0 fully saturated rings. The van der Waals surface area contributed by atoms with Crippen LogP contribution in [0.4, 0.5) is 11.4 Å². The first-order chi connectivity index (χ1) is 14.2. The largest absolute Gasteiger partial charge is 0.495 e. The zero-order valence-corrected chi connectivity index (χ0v) is 18.1. The molecule has 0 bridgehead atoms. The number of ether oxygens (including phenoxy) is 1. The van der Waals surface area contributed by atoms with Crippen LogP contribution in [0, 0.1) is 20.8 Å².